The third kappa shape index (κ3) is 3.15. The number of aromatic nitrogens is 2. The second-order valence-electron chi connectivity index (χ2n) is 5.08. The lowest BCUT2D eigenvalue weighted by Gasteiger charge is -2.13. The quantitative estimate of drug-likeness (QED) is 0.678. The standard InChI is InChI=1S/C19H15FN2O2/c1-2-24-19(23)17-9-15(13-5-3-7-21-11-13)16(10-18(17)20)14-6-4-8-22-12-14/h3-12H,2H2,1H3. The maximum absolute atomic E-state index is 14.5. The third-order valence-electron chi connectivity index (χ3n) is 3.55. The van der Waals surface area contributed by atoms with Crippen molar-refractivity contribution in [2.75, 3.05) is 6.61 Å². The van der Waals surface area contributed by atoms with Gasteiger partial charge in [-0.1, -0.05) is 12.1 Å². The highest BCUT2D eigenvalue weighted by molar-refractivity contribution is 5.94. The third-order valence-corrected chi connectivity index (χ3v) is 3.55. The van der Waals surface area contributed by atoms with Crippen LogP contribution >= 0.6 is 0 Å². The lowest BCUT2D eigenvalue weighted by molar-refractivity contribution is 0.0521. The van der Waals surface area contributed by atoms with Crippen LogP contribution in [0.2, 0.25) is 0 Å². The fourth-order valence-electron chi connectivity index (χ4n) is 2.46. The van der Waals surface area contributed by atoms with E-state index >= 15 is 0 Å². The van der Waals surface area contributed by atoms with Crippen LogP contribution in [0.4, 0.5) is 4.39 Å². The Balaban J connectivity index is 2.22. The van der Waals surface area contributed by atoms with Crippen molar-refractivity contribution in [3.8, 4) is 22.3 Å². The predicted molar refractivity (Wildman–Crippen MR) is 88.8 cm³/mol. The number of carbonyl (C=O) groups is 1. The second-order valence-corrected chi connectivity index (χ2v) is 5.08. The predicted octanol–water partition coefficient (Wildman–Crippen LogP) is 4.13. The summed E-state index contributed by atoms with van der Waals surface area (Å²) in [5.41, 5.74) is 2.78. The summed E-state index contributed by atoms with van der Waals surface area (Å²) in [6.07, 6.45) is 6.63. The van der Waals surface area contributed by atoms with Gasteiger partial charge in [0.15, 0.2) is 0 Å². The number of esters is 1. The van der Waals surface area contributed by atoms with Gasteiger partial charge >= 0.3 is 5.97 Å². The Bertz CT molecular complexity index is 852. The molecule has 0 amide bonds. The molecule has 0 N–H and O–H groups in total. The molecule has 1 aromatic carbocycles. The number of nitrogens with zero attached hydrogens (tertiary/aromatic N) is 2. The van der Waals surface area contributed by atoms with Gasteiger partial charge in [0, 0.05) is 35.9 Å². The Labute approximate surface area is 139 Å². The summed E-state index contributed by atoms with van der Waals surface area (Å²) in [4.78, 5) is 20.2. The van der Waals surface area contributed by atoms with Crippen LogP contribution in [0.15, 0.2) is 61.2 Å². The molecule has 0 aliphatic carbocycles. The average Bonchev–Trinajstić information content (AvgIpc) is 2.63. The zero-order chi connectivity index (χ0) is 16.9. The summed E-state index contributed by atoms with van der Waals surface area (Å²) in [5.74, 6) is -1.31. The van der Waals surface area contributed by atoms with Crippen molar-refractivity contribution in [3.05, 3.63) is 72.6 Å². The first-order valence-corrected chi connectivity index (χ1v) is 7.52. The zero-order valence-corrected chi connectivity index (χ0v) is 13.1. The van der Waals surface area contributed by atoms with Crippen molar-refractivity contribution in [1.29, 1.82) is 0 Å². The molecule has 0 saturated heterocycles. The molecular weight excluding hydrogens is 307 g/mol. The van der Waals surface area contributed by atoms with Crippen LogP contribution in [0.5, 0.6) is 0 Å². The minimum Gasteiger partial charge on any atom is -0.462 e. The number of ether oxygens (including phenoxy) is 1. The van der Waals surface area contributed by atoms with Crippen molar-refractivity contribution < 1.29 is 13.9 Å². The van der Waals surface area contributed by atoms with Gasteiger partial charge in [-0.15, -0.1) is 0 Å². The molecule has 0 aliphatic rings. The van der Waals surface area contributed by atoms with Gasteiger partial charge < -0.3 is 4.74 Å². The van der Waals surface area contributed by atoms with Crippen LogP contribution in [-0.2, 0) is 4.74 Å². The van der Waals surface area contributed by atoms with Crippen molar-refractivity contribution in [1.82, 2.24) is 9.97 Å². The molecule has 0 bridgehead atoms. The largest absolute Gasteiger partial charge is 0.462 e. The van der Waals surface area contributed by atoms with Gasteiger partial charge in [0.2, 0.25) is 0 Å². The smallest absolute Gasteiger partial charge is 0.341 e. The summed E-state index contributed by atoms with van der Waals surface area (Å²) in [6.45, 7) is 1.87. The van der Waals surface area contributed by atoms with Crippen molar-refractivity contribution in [2.45, 2.75) is 6.92 Å². The maximum Gasteiger partial charge on any atom is 0.341 e. The van der Waals surface area contributed by atoms with E-state index in [2.05, 4.69) is 9.97 Å². The summed E-state index contributed by atoms with van der Waals surface area (Å²) in [7, 11) is 0. The van der Waals surface area contributed by atoms with Crippen LogP contribution in [0, 0.1) is 5.82 Å². The van der Waals surface area contributed by atoms with Crippen LogP contribution in [-0.4, -0.2) is 22.5 Å². The maximum atomic E-state index is 14.5. The van der Waals surface area contributed by atoms with E-state index in [-0.39, 0.29) is 12.2 Å². The molecule has 0 fully saturated rings. The normalized spacial score (nSPS) is 10.4. The van der Waals surface area contributed by atoms with Gasteiger partial charge in [-0.05, 0) is 42.3 Å². The summed E-state index contributed by atoms with van der Waals surface area (Å²) >= 11 is 0. The van der Waals surface area contributed by atoms with E-state index in [9.17, 15) is 9.18 Å². The Morgan fingerprint density at radius 1 is 1.04 bits per heavy atom. The molecule has 0 unspecified atom stereocenters. The lowest BCUT2D eigenvalue weighted by Crippen LogP contribution is -2.08. The van der Waals surface area contributed by atoms with Crippen molar-refractivity contribution in [2.24, 2.45) is 0 Å². The Morgan fingerprint density at radius 2 is 1.62 bits per heavy atom. The van der Waals surface area contributed by atoms with Crippen LogP contribution < -0.4 is 0 Å². The van der Waals surface area contributed by atoms with Gasteiger partial charge in [0.1, 0.15) is 5.82 Å². The van der Waals surface area contributed by atoms with Gasteiger partial charge in [-0.25, -0.2) is 9.18 Å². The topological polar surface area (TPSA) is 52.1 Å². The number of benzene rings is 1. The second kappa shape index (κ2) is 7.00. The Kier molecular flexibility index (Phi) is 4.61. The molecule has 0 atom stereocenters. The highest BCUT2D eigenvalue weighted by Crippen LogP contribution is 2.33. The number of carbonyl (C=O) groups excluding carboxylic acids is 1. The van der Waals surface area contributed by atoms with Gasteiger partial charge in [-0.3, -0.25) is 9.97 Å². The Hall–Kier alpha value is -3.08. The number of rotatable bonds is 4. The van der Waals surface area contributed by atoms with Gasteiger partial charge in [0.05, 0.1) is 12.2 Å². The lowest BCUT2D eigenvalue weighted by atomic mass is 9.94. The van der Waals surface area contributed by atoms with Crippen LogP contribution in [0.25, 0.3) is 22.3 Å². The minimum atomic E-state index is -0.683. The number of halogens is 1. The molecular formula is C19H15FN2O2. The Morgan fingerprint density at radius 3 is 2.12 bits per heavy atom. The van der Waals surface area contributed by atoms with Crippen LogP contribution in [0.3, 0.4) is 0 Å². The fraction of sp³-hybridized carbons (Fsp3) is 0.105. The molecule has 0 spiro atoms. The van der Waals surface area contributed by atoms with E-state index in [1.165, 1.54) is 12.1 Å². The summed E-state index contributed by atoms with van der Waals surface area (Å²) < 4.78 is 19.4. The van der Waals surface area contributed by atoms with E-state index in [0.29, 0.717) is 11.1 Å². The van der Waals surface area contributed by atoms with E-state index in [1.54, 1.807) is 43.8 Å². The molecule has 0 aliphatic heterocycles. The summed E-state index contributed by atoms with van der Waals surface area (Å²) in [6, 6.07) is 10.1. The molecule has 0 radical (unpaired) electrons. The van der Waals surface area contributed by atoms with Gasteiger partial charge in [-0.2, -0.15) is 0 Å². The SMILES string of the molecule is CCOC(=O)c1cc(-c2cccnc2)c(-c2cccnc2)cc1F. The number of pyridine rings is 2. The molecule has 2 aromatic heterocycles. The number of hydrogen-bond donors (Lipinski definition) is 0. The van der Waals surface area contributed by atoms with Crippen molar-refractivity contribution in [3.63, 3.8) is 0 Å². The first-order chi connectivity index (χ1) is 11.7. The van der Waals surface area contributed by atoms with Crippen molar-refractivity contribution >= 4 is 5.97 Å². The van der Waals surface area contributed by atoms with Gasteiger partial charge in [0.25, 0.3) is 0 Å². The molecule has 4 nitrogen and oxygen atoms in total. The van der Waals surface area contributed by atoms with E-state index in [0.717, 1.165) is 11.1 Å². The molecule has 3 rings (SSSR count). The average molecular weight is 322 g/mol. The molecule has 120 valence electrons. The molecule has 3 aromatic rings. The van der Waals surface area contributed by atoms with E-state index in [4.69, 9.17) is 4.74 Å². The molecule has 24 heavy (non-hydrogen) atoms. The highest BCUT2D eigenvalue weighted by atomic mass is 19.1. The van der Waals surface area contributed by atoms with Crippen LogP contribution in [0.1, 0.15) is 17.3 Å². The number of hydrogen-bond acceptors (Lipinski definition) is 4. The fourth-order valence-corrected chi connectivity index (χ4v) is 2.46. The first kappa shape index (κ1) is 15.8. The van der Waals surface area contributed by atoms with E-state index < -0.39 is 11.8 Å². The minimum absolute atomic E-state index is 0.0941. The summed E-state index contributed by atoms with van der Waals surface area (Å²) in [5, 5.41) is 0. The highest BCUT2D eigenvalue weighted by Gasteiger charge is 2.18. The van der Waals surface area contributed by atoms with E-state index in [1.807, 2.05) is 12.1 Å². The molecule has 0 saturated carbocycles. The zero-order valence-electron chi connectivity index (χ0n) is 13.1. The monoisotopic (exact) mass is 322 g/mol. The first-order valence-electron chi connectivity index (χ1n) is 7.52. The molecule has 2 heterocycles. The molecule has 5 heteroatoms.